The second-order valence-electron chi connectivity index (χ2n) is 1.82. The normalized spacial score (nSPS) is 10.9. The molecule has 12 heavy (non-hydrogen) atoms. The van der Waals surface area contributed by atoms with Crippen molar-refractivity contribution in [3.05, 3.63) is 12.5 Å². The first-order valence-electron chi connectivity index (χ1n) is 2.81. The van der Waals surface area contributed by atoms with Gasteiger partial charge in [0.25, 0.3) is 5.22 Å². The molecule has 8 heteroatoms. The van der Waals surface area contributed by atoms with Crippen molar-refractivity contribution in [1.29, 1.82) is 0 Å². The maximum absolute atomic E-state index is 11.6. The smallest absolute Gasteiger partial charge is 0.448 e. The fourth-order valence-corrected chi connectivity index (χ4v) is 1.04. The molecule has 0 atom stereocenters. The molecular weight excluding hydrogens is 217 g/mol. The van der Waals surface area contributed by atoms with Crippen LogP contribution in [0.1, 0.15) is 0 Å². The largest absolute Gasteiger partial charge is 1.00 e. The molecule has 1 rings (SSSR count). The van der Waals surface area contributed by atoms with Gasteiger partial charge in [-0.05, 0) is 5.65 Å². The molecule has 0 fully saturated rings. The van der Waals surface area contributed by atoms with Gasteiger partial charge in [-0.3, -0.25) is 0 Å². The van der Waals surface area contributed by atoms with E-state index >= 15 is 0 Å². The Morgan fingerprint density at radius 3 is 2.58 bits per heavy atom. The summed E-state index contributed by atoms with van der Waals surface area (Å²) in [6.45, 7) is -4.74. The molecule has 0 saturated heterocycles. The number of aromatic nitrogens is 1. The summed E-state index contributed by atoms with van der Waals surface area (Å²) in [5.41, 5.74) is -0.902. The van der Waals surface area contributed by atoms with Crippen molar-refractivity contribution in [1.82, 2.24) is 4.98 Å². The first-order chi connectivity index (χ1) is 5.08. The molecule has 1 heterocycles. The minimum absolute atomic E-state index is 0. The quantitative estimate of drug-likeness (QED) is 0.491. The van der Waals surface area contributed by atoms with Gasteiger partial charge in [-0.25, -0.2) is 4.98 Å². The molecule has 2 nitrogen and oxygen atoms in total. The van der Waals surface area contributed by atoms with Crippen molar-refractivity contribution in [2.45, 2.75) is 5.22 Å². The molecule has 0 aliphatic carbocycles. The van der Waals surface area contributed by atoms with Crippen LogP contribution in [-0.2, 0) is 0 Å². The fraction of sp³-hybridized carbons (Fsp3) is 0.250. The minimum atomic E-state index is -4.74. The van der Waals surface area contributed by atoms with E-state index in [9.17, 15) is 12.9 Å². The van der Waals surface area contributed by atoms with E-state index in [4.69, 9.17) is 0 Å². The second-order valence-corrected chi connectivity index (χ2v) is 2.79. The van der Waals surface area contributed by atoms with Crippen molar-refractivity contribution in [3.8, 4) is 0 Å². The summed E-state index contributed by atoms with van der Waals surface area (Å²) >= 11 is 0.559. The van der Waals surface area contributed by atoms with E-state index in [0.29, 0.717) is 11.8 Å². The first-order valence-corrected chi connectivity index (χ1v) is 3.80. The number of thioether (sulfide) groups is 1. The van der Waals surface area contributed by atoms with E-state index in [2.05, 4.69) is 9.40 Å². The number of oxazole rings is 1. The van der Waals surface area contributed by atoms with Crippen molar-refractivity contribution in [2.24, 2.45) is 0 Å². The van der Waals surface area contributed by atoms with Crippen molar-refractivity contribution in [3.63, 3.8) is 0 Å². The van der Waals surface area contributed by atoms with Crippen LogP contribution in [0, 0.1) is 0 Å². The third-order valence-electron chi connectivity index (χ3n) is 0.805. The van der Waals surface area contributed by atoms with Gasteiger partial charge in [-0.1, -0.05) is 11.8 Å². The molecule has 1 aromatic heterocycles. The Bertz CT molecular complexity index is 217. The number of nitrogens with zero attached hydrogens (tertiary/aromatic N) is 1. The van der Waals surface area contributed by atoms with Crippen LogP contribution in [-0.4, -0.2) is 17.6 Å². The SMILES string of the molecule is F[B-](F)(F)CSc1ncco1.[K+]. The summed E-state index contributed by atoms with van der Waals surface area (Å²) in [6, 6.07) is 0. The zero-order valence-corrected chi connectivity index (χ0v) is 10.3. The van der Waals surface area contributed by atoms with Crippen LogP contribution in [0.5, 0.6) is 0 Å². The van der Waals surface area contributed by atoms with Gasteiger partial charge in [0, 0.05) is 0 Å². The molecule has 0 radical (unpaired) electrons. The fourth-order valence-electron chi connectivity index (χ4n) is 0.447. The first kappa shape index (κ1) is 13.1. The molecule has 62 valence electrons. The zero-order chi connectivity index (χ0) is 8.32. The average Bonchev–Trinajstić information content (AvgIpc) is 2.32. The van der Waals surface area contributed by atoms with Gasteiger partial charge in [0.15, 0.2) is 0 Å². The summed E-state index contributed by atoms with van der Waals surface area (Å²) in [5.74, 6) is 0. The molecular formula is C4H4BF3KNOS. The molecule has 0 N–H and O–H groups in total. The molecule has 0 aliphatic heterocycles. The Kier molecular flexibility index (Phi) is 6.21. The predicted octanol–water partition coefficient (Wildman–Crippen LogP) is -0.843. The standard InChI is InChI=1S/C4H4BF3NOS.K/c6-5(7,8)3-11-4-9-1-2-10-4;/h1-2H,3H2;/q-1;+1. The Morgan fingerprint density at radius 1 is 1.50 bits per heavy atom. The van der Waals surface area contributed by atoms with Crippen molar-refractivity contribution < 1.29 is 68.7 Å². The summed E-state index contributed by atoms with van der Waals surface area (Å²) in [7, 11) is 0. The van der Waals surface area contributed by atoms with Gasteiger partial charge < -0.3 is 17.4 Å². The third-order valence-corrected chi connectivity index (χ3v) is 1.80. The molecule has 0 bridgehead atoms. The topological polar surface area (TPSA) is 26.0 Å². The van der Waals surface area contributed by atoms with Crippen LogP contribution in [0.25, 0.3) is 0 Å². The number of rotatable bonds is 3. The van der Waals surface area contributed by atoms with Crippen LogP contribution in [0.3, 0.4) is 0 Å². The van der Waals surface area contributed by atoms with Gasteiger partial charge in [0.1, 0.15) is 6.26 Å². The van der Waals surface area contributed by atoms with E-state index < -0.39 is 12.6 Å². The summed E-state index contributed by atoms with van der Waals surface area (Å²) < 4.78 is 39.5. The Hall–Kier alpha value is 1.05. The number of halogens is 3. The molecule has 0 amide bonds. The molecule has 1 aromatic rings. The Morgan fingerprint density at radius 2 is 2.17 bits per heavy atom. The van der Waals surface area contributed by atoms with Crippen LogP contribution < -0.4 is 51.4 Å². The molecule has 0 aliphatic rings. The summed E-state index contributed by atoms with van der Waals surface area (Å²) in [4.78, 5) is 3.53. The van der Waals surface area contributed by atoms with Crippen LogP contribution in [0.15, 0.2) is 22.1 Å². The van der Waals surface area contributed by atoms with Crippen molar-refractivity contribution in [2.75, 3.05) is 5.65 Å². The second kappa shape index (κ2) is 5.71. The predicted molar refractivity (Wildman–Crippen MR) is 36.3 cm³/mol. The number of hydrogen-bond donors (Lipinski definition) is 0. The average molecular weight is 221 g/mol. The van der Waals surface area contributed by atoms with Crippen LogP contribution >= 0.6 is 11.8 Å². The van der Waals surface area contributed by atoms with Gasteiger partial charge in [0.2, 0.25) is 0 Å². The Labute approximate surface area is 114 Å². The van der Waals surface area contributed by atoms with E-state index in [0.717, 1.165) is 0 Å². The minimum Gasteiger partial charge on any atom is -0.448 e. The molecule has 0 unspecified atom stereocenters. The van der Waals surface area contributed by atoms with E-state index in [1.54, 1.807) is 0 Å². The van der Waals surface area contributed by atoms with Gasteiger partial charge in [-0.2, -0.15) is 0 Å². The van der Waals surface area contributed by atoms with E-state index in [1.165, 1.54) is 12.5 Å². The van der Waals surface area contributed by atoms with E-state index in [-0.39, 0.29) is 56.6 Å². The molecule has 0 aromatic carbocycles. The van der Waals surface area contributed by atoms with E-state index in [1.807, 2.05) is 0 Å². The van der Waals surface area contributed by atoms with Gasteiger partial charge in [0.05, 0.1) is 6.20 Å². The third kappa shape index (κ3) is 5.65. The maximum atomic E-state index is 11.6. The molecule has 0 saturated carbocycles. The van der Waals surface area contributed by atoms with Crippen molar-refractivity contribution >= 4 is 18.7 Å². The zero-order valence-electron chi connectivity index (χ0n) is 6.34. The van der Waals surface area contributed by atoms with Crippen LogP contribution in [0.2, 0.25) is 0 Å². The van der Waals surface area contributed by atoms with Crippen LogP contribution in [0.4, 0.5) is 12.9 Å². The monoisotopic (exact) mass is 221 g/mol. The summed E-state index contributed by atoms with van der Waals surface area (Å²) in [5, 5.41) is 0.0594. The summed E-state index contributed by atoms with van der Waals surface area (Å²) in [6.07, 6.45) is 2.55. The maximum Gasteiger partial charge on any atom is 1.00 e. The van der Waals surface area contributed by atoms with Gasteiger partial charge >= 0.3 is 58.4 Å². The number of hydrogen-bond acceptors (Lipinski definition) is 3. The Balaban J connectivity index is 0.00000121. The van der Waals surface area contributed by atoms with Gasteiger partial charge in [-0.15, -0.1) is 0 Å². The molecule has 0 spiro atoms.